The highest BCUT2D eigenvalue weighted by Crippen LogP contribution is 2.25. The van der Waals surface area contributed by atoms with Crippen molar-refractivity contribution in [2.24, 2.45) is 5.73 Å². The van der Waals surface area contributed by atoms with Gasteiger partial charge in [-0.05, 0) is 37.7 Å². The fraction of sp³-hybridized carbons (Fsp3) is 0.647. The first kappa shape index (κ1) is 16.4. The zero-order valence-electron chi connectivity index (χ0n) is 12.8. The average molecular weight is 293 g/mol. The van der Waals surface area contributed by atoms with Crippen molar-refractivity contribution in [3.63, 3.8) is 0 Å². The van der Waals surface area contributed by atoms with Crippen LogP contribution in [0, 0.1) is 0 Å². The van der Waals surface area contributed by atoms with Crippen molar-refractivity contribution < 1.29 is 14.6 Å². The smallest absolute Gasteiger partial charge is 0.0666 e. The van der Waals surface area contributed by atoms with Crippen LogP contribution in [-0.4, -0.2) is 37.6 Å². The Balaban J connectivity index is 1.83. The van der Waals surface area contributed by atoms with Crippen molar-refractivity contribution in [3.8, 4) is 0 Å². The van der Waals surface area contributed by atoms with Crippen molar-refractivity contribution in [1.82, 2.24) is 0 Å². The first-order chi connectivity index (χ1) is 10.2. The summed E-state index contributed by atoms with van der Waals surface area (Å²) in [5, 5.41) is 9.66. The molecule has 0 spiro atoms. The number of methoxy groups -OCH3 is 1. The number of hydrogen-bond acceptors (Lipinski definition) is 4. The number of aliphatic hydroxyl groups excluding tert-OH is 1. The molecule has 1 aromatic carbocycles. The van der Waals surface area contributed by atoms with Gasteiger partial charge in [0, 0.05) is 13.7 Å². The number of rotatable bonds is 7. The molecule has 1 aromatic rings. The molecule has 21 heavy (non-hydrogen) atoms. The van der Waals surface area contributed by atoms with Gasteiger partial charge in [0.25, 0.3) is 0 Å². The molecule has 1 aliphatic carbocycles. The number of hydrogen-bond donors (Lipinski definition) is 2. The lowest BCUT2D eigenvalue weighted by atomic mass is 9.88. The molecule has 4 heteroatoms. The lowest BCUT2D eigenvalue weighted by molar-refractivity contribution is -0.0357. The van der Waals surface area contributed by atoms with Crippen LogP contribution in [0.5, 0.6) is 0 Å². The first-order valence-electron chi connectivity index (χ1n) is 7.77. The Labute approximate surface area is 127 Å². The Morgan fingerprint density at radius 2 is 1.95 bits per heavy atom. The third-order valence-corrected chi connectivity index (χ3v) is 4.44. The van der Waals surface area contributed by atoms with E-state index >= 15 is 0 Å². The molecule has 0 saturated heterocycles. The van der Waals surface area contributed by atoms with Crippen LogP contribution >= 0.6 is 0 Å². The van der Waals surface area contributed by atoms with Crippen molar-refractivity contribution in [2.75, 3.05) is 20.3 Å². The van der Waals surface area contributed by atoms with Gasteiger partial charge in [-0.3, -0.25) is 0 Å². The Hall–Kier alpha value is -0.940. The second-order valence-corrected chi connectivity index (χ2v) is 5.95. The van der Waals surface area contributed by atoms with Crippen molar-refractivity contribution >= 4 is 0 Å². The van der Waals surface area contributed by atoms with E-state index in [-0.39, 0.29) is 12.7 Å². The molecule has 4 nitrogen and oxygen atoms in total. The molecule has 3 N–H and O–H groups in total. The van der Waals surface area contributed by atoms with E-state index in [9.17, 15) is 5.11 Å². The largest absolute Gasteiger partial charge is 0.394 e. The summed E-state index contributed by atoms with van der Waals surface area (Å²) in [4.78, 5) is 0. The number of ether oxygens (including phenoxy) is 2. The molecular formula is C17H27NO3. The van der Waals surface area contributed by atoms with Crippen LogP contribution in [0.15, 0.2) is 30.3 Å². The third kappa shape index (κ3) is 4.51. The van der Waals surface area contributed by atoms with Crippen LogP contribution < -0.4 is 5.73 Å². The molecule has 2 rings (SSSR count). The first-order valence-corrected chi connectivity index (χ1v) is 7.77. The average Bonchev–Trinajstić information content (AvgIpc) is 2.55. The normalized spacial score (nSPS) is 25.5. The monoisotopic (exact) mass is 293 g/mol. The van der Waals surface area contributed by atoms with E-state index in [1.807, 2.05) is 30.3 Å². The van der Waals surface area contributed by atoms with Crippen LogP contribution in [0.25, 0.3) is 0 Å². The third-order valence-electron chi connectivity index (χ3n) is 4.44. The van der Waals surface area contributed by atoms with Crippen LogP contribution in [-0.2, 0) is 15.0 Å². The van der Waals surface area contributed by atoms with Crippen LogP contribution in [0.3, 0.4) is 0 Å². The van der Waals surface area contributed by atoms with Crippen molar-refractivity contribution in [3.05, 3.63) is 35.9 Å². The fourth-order valence-electron chi connectivity index (χ4n) is 2.96. The minimum Gasteiger partial charge on any atom is -0.394 e. The van der Waals surface area contributed by atoms with Gasteiger partial charge in [-0.1, -0.05) is 30.3 Å². The highest BCUT2D eigenvalue weighted by molar-refractivity contribution is 5.23. The molecule has 0 bridgehead atoms. The molecule has 3 atom stereocenters. The maximum absolute atomic E-state index is 9.66. The summed E-state index contributed by atoms with van der Waals surface area (Å²) in [5.74, 6) is 0. The van der Waals surface area contributed by atoms with Gasteiger partial charge in [-0.25, -0.2) is 0 Å². The van der Waals surface area contributed by atoms with Gasteiger partial charge in [-0.15, -0.1) is 0 Å². The van der Waals surface area contributed by atoms with E-state index in [1.165, 1.54) is 0 Å². The molecule has 1 fully saturated rings. The molecule has 118 valence electrons. The molecular weight excluding hydrogens is 266 g/mol. The van der Waals surface area contributed by atoms with E-state index in [2.05, 4.69) is 0 Å². The Bertz CT molecular complexity index is 412. The molecule has 0 amide bonds. The maximum atomic E-state index is 9.66. The van der Waals surface area contributed by atoms with Gasteiger partial charge in [-0.2, -0.15) is 0 Å². The van der Waals surface area contributed by atoms with Gasteiger partial charge >= 0.3 is 0 Å². The molecule has 1 aliphatic rings. The second kappa shape index (κ2) is 7.90. The lowest BCUT2D eigenvalue weighted by Crippen LogP contribution is -2.42. The Kier molecular flexibility index (Phi) is 6.18. The van der Waals surface area contributed by atoms with E-state index in [4.69, 9.17) is 15.2 Å². The van der Waals surface area contributed by atoms with Crippen LogP contribution in [0.4, 0.5) is 0 Å². The molecule has 0 aromatic heterocycles. The van der Waals surface area contributed by atoms with E-state index < -0.39 is 5.54 Å². The lowest BCUT2D eigenvalue weighted by Gasteiger charge is -2.31. The van der Waals surface area contributed by atoms with Crippen LogP contribution in [0.2, 0.25) is 0 Å². The molecule has 0 radical (unpaired) electrons. The van der Waals surface area contributed by atoms with Gasteiger partial charge in [0.15, 0.2) is 0 Å². The molecule has 3 unspecified atom stereocenters. The summed E-state index contributed by atoms with van der Waals surface area (Å²) >= 11 is 0. The highest BCUT2D eigenvalue weighted by Gasteiger charge is 2.27. The topological polar surface area (TPSA) is 64.7 Å². The van der Waals surface area contributed by atoms with Gasteiger partial charge in [0.05, 0.1) is 24.4 Å². The van der Waals surface area contributed by atoms with Crippen molar-refractivity contribution in [1.29, 1.82) is 0 Å². The minimum absolute atomic E-state index is 0.0776. The molecule has 1 saturated carbocycles. The molecule has 0 aliphatic heterocycles. The quantitative estimate of drug-likeness (QED) is 0.809. The second-order valence-electron chi connectivity index (χ2n) is 5.95. The zero-order valence-corrected chi connectivity index (χ0v) is 12.8. The number of benzene rings is 1. The zero-order chi connectivity index (χ0) is 15.1. The predicted octanol–water partition coefficient (Wildman–Crippen LogP) is 2.20. The van der Waals surface area contributed by atoms with Crippen LogP contribution in [0.1, 0.15) is 37.7 Å². The van der Waals surface area contributed by atoms with E-state index in [0.717, 1.165) is 31.2 Å². The highest BCUT2D eigenvalue weighted by atomic mass is 16.5. The molecule has 0 heterocycles. The number of nitrogens with two attached hydrogens (primary N) is 1. The summed E-state index contributed by atoms with van der Waals surface area (Å²) < 4.78 is 11.4. The summed E-state index contributed by atoms with van der Waals surface area (Å²) in [6, 6.07) is 9.75. The fourth-order valence-corrected chi connectivity index (χ4v) is 2.96. The Morgan fingerprint density at radius 3 is 2.62 bits per heavy atom. The van der Waals surface area contributed by atoms with E-state index in [1.54, 1.807) is 7.11 Å². The maximum Gasteiger partial charge on any atom is 0.0666 e. The Morgan fingerprint density at radius 1 is 1.24 bits per heavy atom. The van der Waals surface area contributed by atoms with E-state index in [0.29, 0.717) is 19.1 Å². The van der Waals surface area contributed by atoms with Gasteiger partial charge in [0.1, 0.15) is 0 Å². The SMILES string of the molecule is COC1CCCC(OCCC(N)(CO)c2ccccc2)C1. The van der Waals surface area contributed by atoms with Gasteiger partial charge < -0.3 is 20.3 Å². The van der Waals surface area contributed by atoms with Gasteiger partial charge in [0.2, 0.25) is 0 Å². The summed E-state index contributed by atoms with van der Waals surface area (Å²) in [7, 11) is 1.76. The minimum atomic E-state index is -0.726. The van der Waals surface area contributed by atoms with Crippen molar-refractivity contribution in [2.45, 2.75) is 49.9 Å². The summed E-state index contributed by atoms with van der Waals surface area (Å²) in [6.45, 7) is 0.485. The predicted molar refractivity (Wildman–Crippen MR) is 83.0 cm³/mol. The summed E-state index contributed by atoms with van der Waals surface area (Å²) in [5.41, 5.74) is 6.56. The number of aliphatic hydroxyl groups is 1. The summed E-state index contributed by atoms with van der Waals surface area (Å²) in [6.07, 6.45) is 5.50. The standard InChI is InChI=1S/C17H27NO3/c1-20-15-8-5-9-16(12-15)21-11-10-17(18,13-19)14-6-3-2-4-7-14/h2-4,6-7,15-16,19H,5,8-13,18H2,1H3.